The molecule has 0 saturated heterocycles. The van der Waals surface area contributed by atoms with Gasteiger partial charge in [0.2, 0.25) is 0 Å². The first-order valence-electron chi connectivity index (χ1n) is 9.54. The van der Waals surface area contributed by atoms with Crippen LogP contribution in [0, 0.1) is 0 Å². The molecule has 0 fully saturated rings. The maximum Gasteiger partial charge on any atom is 0.255 e. The van der Waals surface area contributed by atoms with Crippen LogP contribution in [0.2, 0.25) is 0 Å². The van der Waals surface area contributed by atoms with E-state index in [0.29, 0.717) is 12.2 Å². The molecule has 6 nitrogen and oxygen atoms in total. The van der Waals surface area contributed by atoms with Crippen LogP contribution >= 0.6 is 0 Å². The van der Waals surface area contributed by atoms with Crippen molar-refractivity contribution in [3.8, 4) is 11.4 Å². The summed E-state index contributed by atoms with van der Waals surface area (Å²) < 4.78 is 7.66. The monoisotopic (exact) mass is 378 g/mol. The number of benzene rings is 2. The Morgan fingerprint density at radius 1 is 1.07 bits per heavy atom. The summed E-state index contributed by atoms with van der Waals surface area (Å²) in [5, 5.41) is 2.91. The smallest absolute Gasteiger partial charge is 0.255 e. The summed E-state index contributed by atoms with van der Waals surface area (Å²) in [6.45, 7) is 7.89. The molecule has 2 aromatic carbocycles. The van der Waals surface area contributed by atoms with Crippen molar-refractivity contribution in [2.24, 2.45) is 0 Å². The number of likely N-dealkylation sites (N-methyl/N-ethyl adjacent to an activating group) is 1. The van der Waals surface area contributed by atoms with Crippen LogP contribution in [0.4, 0.5) is 5.69 Å². The number of imidazole rings is 1. The lowest BCUT2D eigenvalue weighted by Gasteiger charge is -2.18. The Kier molecular flexibility index (Phi) is 6.81. The molecule has 0 aliphatic heterocycles. The van der Waals surface area contributed by atoms with Crippen molar-refractivity contribution in [1.29, 1.82) is 0 Å². The molecule has 1 amide bonds. The molecule has 28 heavy (non-hydrogen) atoms. The third-order valence-electron chi connectivity index (χ3n) is 4.61. The standard InChI is InChI=1S/C22H26N4O2/c1-3-25(4-2)15-16-28-21-11-7-19(8-12-21)24-22(27)18-5-9-20(10-6-18)26-14-13-23-17-26/h5-14,17H,3-4,15-16H2,1-2H3,(H,24,27). The van der Waals surface area contributed by atoms with Crippen molar-refractivity contribution >= 4 is 11.6 Å². The number of carbonyl (C=O) groups excluding carboxylic acids is 1. The van der Waals surface area contributed by atoms with Gasteiger partial charge in [-0.1, -0.05) is 13.8 Å². The highest BCUT2D eigenvalue weighted by atomic mass is 16.5. The number of rotatable bonds is 9. The Morgan fingerprint density at radius 2 is 1.79 bits per heavy atom. The van der Waals surface area contributed by atoms with Gasteiger partial charge in [-0.25, -0.2) is 4.98 Å². The fraction of sp³-hybridized carbons (Fsp3) is 0.273. The summed E-state index contributed by atoms with van der Waals surface area (Å²) >= 11 is 0. The number of nitrogens with zero attached hydrogens (tertiary/aromatic N) is 3. The highest BCUT2D eigenvalue weighted by Crippen LogP contribution is 2.17. The lowest BCUT2D eigenvalue weighted by atomic mass is 10.2. The second-order valence-corrected chi connectivity index (χ2v) is 6.37. The third-order valence-corrected chi connectivity index (χ3v) is 4.61. The largest absolute Gasteiger partial charge is 0.492 e. The molecule has 0 bridgehead atoms. The van der Waals surface area contributed by atoms with E-state index in [1.54, 1.807) is 24.7 Å². The molecule has 6 heteroatoms. The van der Waals surface area contributed by atoms with Gasteiger partial charge in [-0.3, -0.25) is 4.79 Å². The topological polar surface area (TPSA) is 59.4 Å². The predicted octanol–water partition coefficient (Wildman–Crippen LogP) is 3.85. The first-order valence-corrected chi connectivity index (χ1v) is 9.54. The first-order chi connectivity index (χ1) is 13.7. The number of carbonyl (C=O) groups is 1. The van der Waals surface area contributed by atoms with Gasteiger partial charge in [-0.2, -0.15) is 0 Å². The molecule has 0 spiro atoms. The number of hydrogen-bond acceptors (Lipinski definition) is 4. The Morgan fingerprint density at radius 3 is 2.39 bits per heavy atom. The lowest BCUT2D eigenvalue weighted by Crippen LogP contribution is -2.27. The Bertz CT molecular complexity index is 855. The third kappa shape index (κ3) is 5.20. The van der Waals surface area contributed by atoms with Crippen LogP contribution < -0.4 is 10.1 Å². The molecule has 0 radical (unpaired) electrons. The fourth-order valence-electron chi connectivity index (χ4n) is 2.87. The van der Waals surface area contributed by atoms with E-state index in [1.807, 2.05) is 47.2 Å². The van der Waals surface area contributed by atoms with E-state index >= 15 is 0 Å². The normalized spacial score (nSPS) is 10.8. The van der Waals surface area contributed by atoms with Crippen molar-refractivity contribution in [1.82, 2.24) is 14.5 Å². The molecular formula is C22H26N4O2. The van der Waals surface area contributed by atoms with Crippen LogP contribution in [0.1, 0.15) is 24.2 Å². The molecule has 146 valence electrons. The zero-order chi connectivity index (χ0) is 19.8. The maximum absolute atomic E-state index is 12.4. The molecule has 1 aromatic heterocycles. The van der Waals surface area contributed by atoms with Crippen molar-refractivity contribution < 1.29 is 9.53 Å². The molecule has 1 N–H and O–H groups in total. The van der Waals surface area contributed by atoms with E-state index in [1.165, 1.54) is 0 Å². The number of hydrogen-bond donors (Lipinski definition) is 1. The second-order valence-electron chi connectivity index (χ2n) is 6.37. The van der Waals surface area contributed by atoms with E-state index in [9.17, 15) is 4.79 Å². The van der Waals surface area contributed by atoms with Crippen LogP contribution in [0.15, 0.2) is 67.3 Å². The average molecular weight is 378 g/mol. The van der Waals surface area contributed by atoms with Crippen LogP contribution in [-0.4, -0.2) is 46.6 Å². The molecule has 0 atom stereocenters. The number of anilines is 1. The second kappa shape index (κ2) is 9.71. The highest BCUT2D eigenvalue weighted by molar-refractivity contribution is 6.04. The Hall–Kier alpha value is -3.12. The van der Waals surface area contributed by atoms with Crippen LogP contribution in [0.5, 0.6) is 5.75 Å². The summed E-state index contributed by atoms with van der Waals surface area (Å²) in [6, 6.07) is 14.8. The summed E-state index contributed by atoms with van der Waals surface area (Å²) in [4.78, 5) is 18.8. The van der Waals surface area contributed by atoms with E-state index in [0.717, 1.165) is 36.8 Å². The highest BCUT2D eigenvalue weighted by Gasteiger charge is 2.07. The van der Waals surface area contributed by atoms with Crippen LogP contribution in [-0.2, 0) is 0 Å². The number of aromatic nitrogens is 2. The number of amides is 1. The quantitative estimate of drug-likeness (QED) is 0.614. The van der Waals surface area contributed by atoms with Crippen molar-refractivity contribution in [3.63, 3.8) is 0 Å². The molecule has 0 saturated carbocycles. The SMILES string of the molecule is CCN(CC)CCOc1ccc(NC(=O)c2ccc(-n3ccnc3)cc2)cc1. The number of nitrogens with one attached hydrogen (secondary N) is 1. The molecule has 1 heterocycles. The Labute approximate surface area is 165 Å². The van der Waals surface area contributed by atoms with Gasteiger partial charge in [0.25, 0.3) is 5.91 Å². The van der Waals surface area contributed by atoms with E-state index < -0.39 is 0 Å². The summed E-state index contributed by atoms with van der Waals surface area (Å²) in [7, 11) is 0. The van der Waals surface area contributed by atoms with Crippen molar-refractivity contribution in [2.45, 2.75) is 13.8 Å². The van der Waals surface area contributed by atoms with Gasteiger partial charge in [0, 0.05) is 35.9 Å². The van der Waals surface area contributed by atoms with E-state index in [4.69, 9.17) is 4.74 Å². The van der Waals surface area contributed by atoms with Gasteiger partial charge in [-0.05, 0) is 61.6 Å². The Balaban J connectivity index is 1.52. The summed E-state index contributed by atoms with van der Waals surface area (Å²) in [5.74, 6) is 0.655. The molecule has 0 aliphatic rings. The van der Waals surface area contributed by atoms with Gasteiger partial charge in [0.05, 0.1) is 6.33 Å². The van der Waals surface area contributed by atoms with Gasteiger partial charge in [0.15, 0.2) is 0 Å². The average Bonchev–Trinajstić information content (AvgIpc) is 3.27. The molecule has 0 aliphatic carbocycles. The minimum Gasteiger partial charge on any atom is -0.492 e. The fourth-order valence-corrected chi connectivity index (χ4v) is 2.87. The van der Waals surface area contributed by atoms with Gasteiger partial charge in [0.1, 0.15) is 12.4 Å². The minimum absolute atomic E-state index is 0.146. The first kappa shape index (κ1) is 19.6. The van der Waals surface area contributed by atoms with Crippen molar-refractivity contribution in [3.05, 3.63) is 72.8 Å². The maximum atomic E-state index is 12.4. The van der Waals surface area contributed by atoms with Gasteiger partial charge in [-0.15, -0.1) is 0 Å². The molecule has 3 rings (SSSR count). The lowest BCUT2D eigenvalue weighted by molar-refractivity contribution is 0.102. The van der Waals surface area contributed by atoms with Gasteiger partial charge >= 0.3 is 0 Å². The minimum atomic E-state index is -0.146. The van der Waals surface area contributed by atoms with E-state index in [-0.39, 0.29) is 5.91 Å². The van der Waals surface area contributed by atoms with Crippen LogP contribution in [0.25, 0.3) is 5.69 Å². The zero-order valence-corrected chi connectivity index (χ0v) is 16.3. The molecule has 0 unspecified atom stereocenters. The van der Waals surface area contributed by atoms with Crippen LogP contribution in [0.3, 0.4) is 0 Å². The van der Waals surface area contributed by atoms with Gasteiger partial charge < -0.3 is 19.5 Å². The summed E-state index contributed by atoms with van der Waals surface area (Å²) in [6.07, 6.45) is 5.30. The summed E-state index contributed by atoms with van der Waals surface area (Å²) in [5.41, 5.74) is 2.29. The molecular weight excluding hydrogens is 352 g/mol. The predicted molar refractivity (Wildman–Crippen MR) is 111 cm³/mol. The van der Waals surface area contributed by atoms with E-state index in [2.05, 4.69) is 29.0 Å². The number of ether oxygens (including phenoxy) is 1. The zero-order valence-electron chi connectivity index (χ0n) is 16.3. The van der Waals surface area contributed by atoms with Crippen molar-refractivity contribution in [2.75, 3.05) is 31.6 Å². The molecule has 3 aromatic rings.